The lowest BCUT2D eigenvalue weighted by molar-refractivity contribution is -0.389. The summed E-state index contributed by atoms with van der Waals surface area (Å²) in [7, 11) is 0. The quantitative estimate of drug-likeness (QED) is 0.336. The van der Waals surface area contributed by atoms with Gasteiger partial charge in [-0.1, -0.05) is 48.6 Å². The van der Waals surface area contributed by atoms with Crippen LogP contribution in [0.2, 0.25) is 0 Å². The summed E-state index contributed by atoms with van der Waals surface area (Å²) in [6.45, 7) is 4.46. The van der Waals surface area contributed by atoms with Crippen molar-refractivity contribution in [3.05, 3.63) is 75.0 Å². The summed E-state index contributed by atoms with van der Waals surface area (Å²) < 4.78 is 3.48. The number of nitrogens with one attached hydrogen (secondary N) is 1. The third kappa shape index (κ3) is 4.20. The van der Waals surface area contributed by atoms with Crippen molar-refractivity contribution < 1.29 is 4.92 Å². The lowest BCUT2D eigenvalue weighted by Crippen LogP contribution is -2.13. The maximum absolute atomic E-state index is 11.0. The first-order valence-corrected chi connectivity index (χ1v) is 10.2. The zero-order valence-electron chi connectivity index (χ0n) is 16.5. The molecule has 11 heteroatoms. The zero-order chi connectivity index (χ0) is 21.1. The van der Waals surface area contributed by atoms with Crippen molar-refractivity contribution in [2.45, 2.75) is 32.9 Å². The molecule has 1 N–H and O–H groups in total. The number of aryl methyl sites for hydroxylation is 1. The number of nitro groups is 1. The summed E-state index contributed by atoms with van der Waals surface area (Å²) in [5.41, 5.74) is 1.87. The Morgan fingerprint density at radius 3 is 2.70 bits per heavy atom. The Morgan fingerprint density at radius 2 is 2.00 bits per heavy atom. The standard InChI is InChI=1S/C19H20N8O2S/c1-3-15(26-13(2)11-17(24-26)27(28)29)18-21-22-19(30-18)20-16-9-10-25(23-16)12-14-7-5-4-6-8-14/h4-11,15H,3,12H2,1-2H3,(H,20,22,23). The van der Waals surface area contributed by atoms with E-state index in [1.807, 2.05) is 42.1 Å². The van der Waals surface area contributed by atoms with Crippen LogP contribution in [0.15, 0.2) is 48.7 Å². The second kappa shape index (κ2) is 8.41. The summed E-state index contributed by atoms with van der Waals surface area (Å²) >= 11 is 1.38. The van der Waals surface area contributed by atoms with E-state index in [2.05, 4.69) is 37.8 Å². The largest absolute Gasteiger partial charge is 0.390 e. The van der Waals surface area contributed by atoms with Gasteiger partial charge in [-0.05, 0) is 23.8 Å². The normalized spacial score (nSPS) is 12.1. The minimum atomic E-state index is -0.491. The van der Waals surface area contributed by atoms with Gasteiger partial charge < -0.3 is 15.4 Å². The van der Waals surface area contributed by atoms with Crippen LogP contribution in [-0.2, 0) is 6.54 Å². The highest BCUT2D eigenvalue weighted by atomic mass is 32.1. The summed E-state index contributed by atoms with van der Waals surface area (Å²) in [6, 6.07) is 13.2. The highest BCUT2D eigenvalue weighted by molar-refractivity contribution is 7.15. The van der Waals surface area contributed by atoms with Crippen LogP contribution < -0.4 is 5.32 Å². The van der Waals surface area contributed by atoms with Crippen LogP contribution in [0.3, 0.4) is 0 Å². The fourth-order valence-corrected chi connectivity index (χ4v) is 4.06. The Morgan fingerprint density at radius 1 is 1.20 bits per heavy atom. The number of benzene rings is 1. The molecule has 0 aliphatic carbocycles. The monoisotopic (exact) mass is 424 g/mol. The first-order chi connectivity index (χ1) is 14.5. The Labute approximate surface area is 176 Å². The topological polar surface area (TPSA) is 117 Å². The number of rotatable bonds is 8. The fourth-order valence-electron chi connectivity index (χ4n) is 3.14. The van der Waals surface area contributed by atoms with Crippen LogP contribution in [0.25, 0.3) is 0 Å². The summed E-state index contributed by atoms with van der Waals surface area (Å²) in [4.78, 5) is 10.5. The average molecular weight is 424 g/mol. The molecule has 0 amide bonds. The smallest absolute Gasteiger partial charge is 0.358 e. The van der Waals surface area contributed by atoms with Crippen molar-refractivity contribution >= 4 is 28.1 Å². The number of nitrogens with zero attached hydrogens (tertiary/aromatic N) is 7. The number of aromatic nitrogens is 6. The Kier molecular flexibility index (Phi) is 5.53. The zero-order valence-corrected chi connectivity index (χ0v) is 17.3. The Hall–Kier alpha value is -3.60. The molecule has 3 aromatic heterocycles. The van der Waals surface area contributed by atoms with Gasteiger partial charge in [0.1, 0.15) is 11.0 Å². The van der Waals surface area contributed by atoms with Crippen molar-refractivity contribution in [2.24, 2.45) is 0 Å². The fraction of sp³-hybridized carbons (Fsp3) is 0.263. The molecule has 4 aromatic rings. The Balaban J connectivity index is 1.48. The van der Waals surface area contributed by atoms with Crippen LogP contribution >= 0.6 is 11.3 Å². The molecule has 0 saturated carbocycles. The number of anilines is 2. The third-order valence-electron chi connectivity index (χ3n) is 4.57. The second-order valence-electron chi connectivity index (χ2n) is 6.72. The predicted octanol–water partition coefficient (Wildman–Crippen LogP) is 3.94. The molecular formula is C19H20N8O2S. The number of hydrogen-bond acceptors (Lipinski definition) is 8. The van der Waals surface area contributed by atoms with Crippen molar-refractivity contribution in [3.8, 4) is 0 Å². The first kappa shape index (κ1) is 19.7. The van der Waals surface area contributed by atoms with E-state index in [0.29, 0.717) is 29.6 Å². The van der Waals surface area contributed by atoms with Crippen LogP contribution in [0.5, 0.6) is 0 Å². The third-order valence-corrected chi connectivity index (χ3v) is 5.51. The molecule has 4 rings (SSSR count). The molecule has 0 bridgehead atoms. The molecule has 154 valence electrons. The molecule has 0 aliphatic heterocycles. The van der Waals surface area contributed by atoms with Gasteiger partial charge in [-0.25, -0.2) is 0 Å². The van der Waals surface area contributed by atoms with E-state index in [1.54, 1.807) is 11.6 Å². The van der Waals surface area contributed by atoms with Gasteiger partial charge in [0.25, 0.3) is 0 Å². The van der Waals surface area contributed by atoms with E-state index in [-0.39, 0.29) is 11.9 Å². The SMILES string of the molecule is CCC(c1nnc(Nc2ccn(Cc3ccccc3)n2)s1)n1nc([N+](=O)[O-])cc1C. The molecule has 1 aromatic carbocycles. The van der Waals surface area contributed by atoms with Gasteiger partial charge >= 0.3 is 5.82 Å². The van der Waals surface area contributed by atoms with Gasteiger partial charge in [0, 0.05) is 12.3 Å². The van der Waals surface area contributed by atoms with Gasteiger partial charge in [-0.3, -0.25) is 4.68 Å². The van der Waals surface area contributed by atoms with E-state index in [1.165, 1.54) is 23.0 Å². The summed E-state index contributed by atoms with van der Waals surface area (Å²) in [5, 5.41) is 32.6. The van der Waals surface area contributed by atoms with E-state index in [9.17, 15) is 10.1 Å². The predicted molar refractivity (Wildman–Crippen MR) is 113 cm³/mol. The second-order valence-corrected chi connectivity index (χ2v) is 7.73. The molecule has 0 spiro atoms. The molecule has 3 heterocycles. The van der Waals surface area contributed by atoms with Crippen LogP contribution in [0, 0.1) is 17.0 Å². The molecule has 0 radical (unpaired) electrons. The van der Waals surface area contributed by atoms with Gasteiger partial charge in [-0.2, -0.15) is 9.78 Å². The van der Waals surface area contributed by atoms with E-state index < -0.39 is 4.92 Å². The van der Waals surface area contributed by atoms with Crippen molar-refractivity contribution in [2.75, 3.05) is 5.32 Å². The lowest BCUT2D eigenvalue weighted by Gasteiger charge is -2.09. The van der Waals surface area contributed by atoms with Crippen molar-refractivity contribution in [3.63, 3.8) is 0 Å². The van der Waals surface area contributed by atoms with Gasteiger partial charge in [0.2, 0.25) is 5.13 Å². The molecule has 0 fully saturated rings. The maximum atomic E-state index is 11.0. The van der Waals surface area contributed by atoms with Crippen molar-refractivity contribution in [1.29, 1.82) is 0 Å². The van der Waals surface area contributed by atoms with Crippen LogP contribution in [-0.4, -0.2) is 34.7 Å². The minimum Gasteiger partial charge on any atom is -0.358 e. The first-order valence-electron chi connectivity index (χ1n) is 9.42. The van der Waals surface area contributed by atoms with Crippen molar-refractivity contribution in [1.82, 2.24) is 29.8 Å². The maximum Gasteiger partial charge on any atom is 0.390 e. The van der Waals surface area contributed by atoms with E-state index in [4.69, 9.17) is 0 Å². The van der Waals surface area contributed by atoms with Gasteiger partial charge in [0.15, 0.2) is 5.82 Å². The minimum absolute atomic E-state index is 0.169. The highest BCUT2D eigenvalue weighted by Crippen LogP contribution is 2.30. The molecule has 1 unspecified atom stereocenters. The lowest BCUT2D eigenvalue weighted by atomic mass is 10.2. The molecule has 10 nitrogen and oxygen atoms in total. The molecule has 0 aliphatic rings. The molecule has 0 saturated heterocycles. The summed E-state index contributed by atoms with van der Waals surface area (Å²) in [6.07, 6.45) is 2.58. The van der Waals surface area contributed by atoms with Gasteiger partial charge in [-0.15, -0.1) is 10.2 Å². The van der Waals surface area contributed by atoms with E-state index in [0.717, 1.165) is 5.01 Å². The van der Waals surface area contributed by atoms with E-state index >= 15 is 0 Å². The Bertz CT molecular complexity index is 1150. The van der Waals surface area contributed by atoms with Crippen LogP contribution in [0.1, 0.15) is 35.7 Å². The highest BCUT2D eigenvalue weighted by Gasteiger charge is 2.25. The van der Waals surface area contributed by atoms with Gasteiger partial charge in [0.05, 0.1) is 23.4 Å². The summed E-state index contributed by atoms with van der Waals surface area (Å²) in [5.74, 6) is 0.505. The molecule has 30 heavy (non-hydrogen) atoms. The number of hydrogen-bond donors (Lipinski definition) is 1. The molecular weight excluding hydrogens is 404 g/mol. The van der Waals surface area contributed by atoms with Crippen LogP contribution in [0.4, 0.5) is 16.8 Å². The molecule has 1 atom stereocenters. The average Bonchev–Trinajstić information content (AvgIpc) is 3.46.